The zero-order valence-electron chi connectivity index (χ0n) is 14.5. The van der Waals surface area contributed by atoms with Crippen LogP contribution in [0.1, 0.15) is 25.8 Å². The molecule has 2 aromatic heterocycles. The molecule has 0 atom stereocenters. The Bertz CT molecular complexity index is 1110. The third-order valence-corrected chi connectivity index (χ3v) is 4.69. The Morgan fingerprint density at radius 1 is 1.04 bits per heavy atom. The van der Waals surface area contributed by atoms with Gasteiger partial charge in [0.2, 0.25) is 0 Å². The average molecular weight is 390 g/mol. The number of ether oxygens (including phenoxy) is 1. The van der Waals surface area contributed by atoms with Gasteiger partial charge in [-0.1, -0.05) is 24.3 Å². The average Bonchev–Trinajstić information content (AvgIpc) is 3.39. The lowest BCUT2D eigenvalue weighted by Gasteiger charge is -2.02. The number of hydrazone groups is 1. The van der Waals surface area contributed by atoms with Gasteiger partial charge >= 0.3 is 11.9 Å². The SMILES string of the molecule is O=C(N/N=C\c1ccc(OC(=O)c2cccs2)cc1)c1cc2ccccc2o1. The van der Waals surface area contributed by atoms with E-state index in [1.165, 1.54) is 17.6 Å². The van der Waals surface area contributed by atoms with Gasteiger partial charge in [-0.3, -0.25) is 4.79 Å². The summed E-state index contributed by atoms with van der Waals surface area (Å²) >= 11 is 1.32. The second kappa shape index (κ2) is 7.89. The monoisotopic (exact) mass is 390 g/mol. The van der Waals surface area contributed by atoms with Gasteiger partial charge in [-0.15, -0.1) is 11.3 Å². The van der Waals surface area contributed by atoms with Crippen molar-refractivity contribution in [2.24, 2.45) is 5.10 Å². The number of benzene rings is 2. The van der Waals surface area contributed by atoms with E-state index in [4.69, 9.17) is 9.15 Å². The molecule has 0 spiro atoms. The minimum absolute atomic E-state index is 0.189. The topological polar surface area (TPSA) is 80.9 Å². The lowest BCUT2D eigenvalue weighted by Crippen LogP contribution is -2.16. The van der Waals surface area contributed by atoms with Crippen LogP contribution in [0.4, 0.5) is 0 Å². The van der Waals surface area contributed by atoms with Crippen LogP contribution in [0.15, 0.2) is 81.6 Å². The van der Waals surface area contributed by atoms with Crippen LogP contribution in [0.25, 0.3) is 11.0 Å². The van der Waals surface area contributed by atoms with Crippen molar-refractivity contribution < 1.29 is 18.7 Å². The molecule has 0 aliphatic rings. The molecular weight excluding hydrogens is 376 g/mol. The molecule has 1 amide bonds. The van der Waals surface area contributed by atoms with Crippen LogP contribution in [0, 0.1) is 0 Å². The Morgan fingerprint density at radius 2 is 1.86 bits per heavy atom. The molecule has 4 rings (SSSR count). The predicted molar refractivity (Wildman–Crippen MR) is 107 cm³/mol. The van der Waals surface area contributed by atoms with E-state index in [1.54, 1.807) is 48.5 Å². The Morgan fingerprint density at radius 3 is 2.61 bits per heavy atom. The number of furan rings is 1. The smallest absolute Gasteiger partial charge is 0.353 e. The summed E-state index contributed by atoms with van der Waals surface area (Å²) in [5, 5.41) is 6.60. The number of esters is 1. The minimum Gasteiger partial charge on any atom is -0.451 e. The van der Waals surface area contributed by atoms with E-state index < -0.39 is 11.9 Å². The number of hydrogen-bond donors (Lipinski definition) is 1. The van der Waals surface area contributed by atoms with Gasteiger partial charge in [-0.05, 0) is 53.4 Å². The third kappa shape index (κ3) is 3.99. The molecule has 0 aliphatic heterocycles. The number of carbonyl (C=O) groups is 2. The zero-order chi connectivity index (χ0) is 19.3. The van der Waals surface area contributed by atoms with Crippen molar-refractivity contribution in [2.45, 2.75) is 0 Å². The number of rotatable bonds is 5. The van der Waals surface area contributed by atoms with Crippen LogP contribution >= 0.6 is 11.3 Å². The first kappa shape index (κ1) is 17.7. The Kier molecular flexibility index (Phi) is 4.99. The van der Waals surface area contributed by atoms with Crippen LogP contribution in [-0.2, 0) is 0 Å². The molecule has 4 aromatic rings. The fraction of sp³-hybridized carbons (Fsp3) is 0. The van der Waals surface area contributed by atoms with Gasteiger partial charge in [0, 0.05) is 5.39 Å². The Labute approximate surface area is 164 Å². The molecule has 28 heavy (non-hydrogen) atoms. The first-order valence-corrected chi connectivity index (χ1v) is 9.25. The highest BCUT2D eigenvalue weighted by molar-refractivity contribution is 7.12. The molecular formula is C21H14N2O4S. The Balaban J connectivity index is 1.35. The van der Waals surface area contributed by atoms with Crippen molar-refractivity contribution in [1.29, 1.82) is 0 Å². The Hall–Kier alpha value is -3.71. The molecule has 2 aromatic carbocycles. The minimum atomic E-state index is -0.436. The maximum atomic E-state index is 12.1. The van der Waals surface area contributed by atoms with Gasteiger partial charge < -0.3 is 9.15 Å². The van der Waals surface area contributed by atoms with Crippen molar-refractivity contribution in [1.82, 2.24) is 5.43 Å². The van der Waals surface area contributed by atoms with E-state index in [0.29, 0.717) is 16.2 Å². The quantitative estimate of drug-likeness (QED) is 0.236. The molecule has 0 radical (unpaired) electrons. The first-order chi connectivity index (χ1) is 13.7. The van der Waals surface area contributed by atoms with Crippen molar-refractivity contribution in [3.63, 3.8) is 0 Å². The van der Waals surface area contributed by atoms with Crippen LogP contribution in [0.5, 0.6) is 5.75 Å². The van der Waals surface area contributed by atoms with Gasteiger partial charge in [0.05, 0.1) is 6.21 Å². The number of nitrogens with one attached hydrogen (secondary N) is 1. The lowest BCUT2D eigenvalue weighted by atomic mass is 10.2. The van der Waals surface area contributed by atoms with Crippen molar-refractivity contribution in [2.75, 3.05) is 0 Å². The van der Waals surface area contributed by atoms with Crippen LogP contribution < -0.4 is 10.2 Å². The normalized spacial score (nSPS) is 11.0. The summed E-state index contributed by atoms with van der Waals surface area (Å²) in [5.41, 5.74) is 3.81. The molecule has 138 valence electrons. The molecule has 0 unspecified atom stereocenters. The largest absolute Gasteiger partial charge is 0.451 e. The zero-order valence-corrected chi connectivity index (χ0v) is 15.3. The van der Waals surface area contributed by atoms with E-state index in [-0.39, 0.29) is 5.76 Å². The van der Waals surface area contributed by atoms with Gasteiger partial charge in [0.25, 0.3) is 0 Å². The molecule has 6 nitrogen and oxygen atoms in total. The van der Waals surface area contributed by atoms with Gasteiger partial charge in [0.1, 0.15) is 16.2 Å². The number of fused-ring (bicyclic) bond motifs is 1. The first-order valence-electron chi connectivity index (χ1n) is 8.37. The summed E-state index contributed by atoms with van der Waals surface area (Å²) in [6.07, 6.45) is 1.49. The number of thiophene rings is 1. The number of carbonyl (C=O) groups excluding carboxylic acids is 2. The summed E-state index contributed by atoms with van der Waals surface area (Å²) in [7, 11) is 0. The maximum absolute atomic E-state index is 12.1. The highest BCUT2D eigenvalue weighted by Crippen LogP contribution is 2.19. The summed E-state index contributed by atoms with van der Waals surface area (Å²) < 4.78 is 10.8. The van der Waals surface area contributed by atoms with Crippen molar-refractivity contribution >= 4 is 40.4 Å². The van der Waals surface area contributed by atoms with Gasteiger partial charge in [-0.25, -0.2) is 10.2 Å². The molecule has 0 saturated heterocycles. The number of hydrogen-bond acceptors (Lipinski definition) is 6. The van der Waals surface area contributed by atoms with Crippen molar-refractivity contribution in [3.8, 4) is 5.75 Å². The highest BCUT2D eigenvalue weighted by Gasteiger charge is 2.11. The standard InChI is InChI=1S/C21H14N2O4S/c24-20(18-12-15-4-1-2-5-17(15)27-18)23-22-13-14-7-9-16(10-8-14)26-21(25)19-6-3-11-28-19/h1-13H,(H,23,24)/b22-13-. The lowest BCUT2D eigenvalue weighted by molar-refractivity contribution is 0.0739. The molecule has 7 heteroatoms. The third-order valence-electron chi connectivity index (χ3n) is 3.84. The van der Waals surface area contributed by atoms with E-state index in [9.17, 15) is 9.59 Å². The fourth-order valence-electron chi connectivity index (χ4n) is 2.49. The summed E-state index contributed by atoms with van der Waals surface area (Å²) in [6.45, 7) is 0. The summed E-state index contributed by atoms with van der Waals surface area (Å²) in [5.74, 6) is -0.209. The van der Waals surface area contributed by atoms with E-state index >= 15 is 0 Å². The van der Waals surface area contributed by atoms with Crippen LogP contribution in [0.3, 0.4) is 0 Å². The van der Waals surface area contributed by atoms with Crippen molar-refractivity contribution in [3.05, 3.63) is 88.3 Å². The van der Waals surface area contributed by atoms with E-state index in [2.05, 4.69) is 10.5 Å². The van der Waals surface area contributed by atoms with Gasteiger partial charge in [0.15, 0.2) is 5.76 Å². The summed E-state index contributed by atoms with van der Waals surface area (Å²) in [4.78, 5) is 24.6. The van der Waals surface area contributed by atoms with E-state index in [1.807, 2.05) is 23.6 Å². The highest BCUT2D eigenvalue weighted by atomic mass is 32.1. The summed E-state index contributed by atoms with van der Waals surface area (Å²) in [6, 6.07) is 19.3. The molecule has 1 N–H and O–H groups in total. The van der Waals surface area contributed by atoms with E-state index in [0.717, 1.165) is 10.9 Å². The number of amides is 1. The van der Waals surface area contributed by atoms with Gasteiger partial charge in [-0.2, -0.15) is 5.10 Å². The second-order valence-corrected chi connectivity index (χ2v) is 6.73. The number of nitrogens with zero attached hydrogens (tertiary/aromatic N) is 1. The molecule has 0 aliphatic carbocycles. The molecule has 0 bridgehead atoms. The number of para-hydroxylation sites is 1. The second-order valence-electron chi connectivity index (χ2n) is 5.78. The molecule has 0 saturated carbocycles. The predicted octanol–water partition coefficient (Wildman–Crippen LogP) is 4.48. The molecule has 0 fully saturated rings. The fourth-order valence-corrected chi connectivity index (χ4v) is 3.09. The maximum Gasteiger partial charge on any atom is 0.353 e. The van der Waals surface area contributed by atoms with Crippen LogP contribution in [-0.4, -0.2) is 18.1 Å². The van der Waals surface area contributed by atoms with Crippen LogP contribution in [0.2, 0.25) is 0 Å². The molecule has 2 heterocycles.